The number of hydrogen-bond acceptors (Lipinski definition) is 4. The number of fused-ring (bicyclic) bond motifs is 1. The molecule has 0 radical (unpaired) electrons. The molecule has 2 aliphatic rings. The third-order valence-electron chi connectivity index (χ3n) is 4.69. The van der Waals surface area contributed by atoms with E-state index in [-0.39, 0.29) is 5.91 Å². The van der Waals surface area contributed by atoms with Crippen LogP contribution >= 0.6 is 0 Å². The first-order valence-corrected chi connectivity index (χ1v) is 8.64. The molecule has 3 rings (SSSR count). The molecule has 2 aliphatic heterocycles. The summed E-state index contributed by atoms with van der Waals surface area (Å²) in [7, 11) is 4.15. The number of piperidine rings is 1. The Morgan fingerprint density at radius 1 is 1.42 bits per heavy atom. The number of nitrogens with zero attached hydrogens (tertiary/aromatic N) is 2. The third-order valence-corrected chi connectivity index (χ3v) is 4.69. The lowest BCUT2D eigenvalue weighted by Gasteiger charge is -2.36. The van der Waals surface area contributed by atoms with Gasteiger partial charge in [0.2, 0.25) is 0 Å². The zero-order valence-corrected chi connectivity index (χ0v) is 14.7. The normalized spacial score (nSPS) is 20.2. The van der Waals surface area contributed by atoms with E-state index in [1.54, 1.807) is 0 Å². The van der Waals surface area contributed by atoms with Gasteiger partial charge in [-0.05, 0) is 58.1 Å². The molecule has 0 saturated carbocycles. The highest BCUT2D eigenvalue weighted by Gasteiger charge is 2.28. The van der Waals surface area contributed by atoms with Gasteiger partial charge >= 0.3 is 0 Å². The van der Waals surface area contributed by atoms with Crippen LogP contribution in [0, 0.1) is 0 Å². The van der Waals surface area contributed by atoms with Crippen molar-refractivity contribution < 1.29 is 14.3 Å². The number of amides is 1. The van der Waals surface area contributed by atoms with Crippen LogP contribution in [0.5, 0.6) is 11.5 Å². The molecule has 24 heavy (non-hydrogen) atoms. The van der Waals surface area contributed by atoms with Crippen molar-refractivity contribution >= 4 is 12.0 Å². The number of rotatable bonds is 4. The Balaban J connectivity index is 1.77. The molecule has 0 N–H and O–H groups in total. The van der Waals surface area contributed by atoms with E-state index >= 15 is 0 Å². The molecule has 130 valence electrons. The maximum atomic E-state index is 12.9. The van der Waals surface area contributed by atoms with Crippen LogP contribution in [0.15, 0.2) is 23.8 Å². The van der Waals surface area contributed by atoms with Crippen LogP contribution < -0.4 is 9.47 Å². The van der Waals surface area contributed by atoms with Crippen LogP contribution in [0.4, 0.5) is 0 Å². The van der Waals surface area contributed by atoms with Crippen molar-refractivity contribution in [1.82, 2.24) is 9.80 Å². The molecule has 0 spiro atoms. The Labute approximate surface area is 143 Å². The van der Waals surface area contributed by atoms with Crippen molar-refractivity contribution in [3.8, 4) is 11.5 Å². The summed E-state index contributed by atoms with van der Waals surface area (Å²) in [6, 6.07) is 6.17. The molecule has 1 fully saturated rings. The van der Waals surface area contributed by atoms with E-state index in [0.717, 1.165) is 48.6 Å². The van der Waals surface area contributed by atoms with Gasteiger partial charge in [0.05, 0.1) is 12.2 Å². The van der Waals surface area contributed by atoms with E-state index in [2.05, 4.69) is 19.0 Å². The fourth-order valence-electron chi connectivity index (χ4n) is 3.30. The second-order valence-electron chi connectivity index (χ2n) is 6.60. The van der Waals surface area contributed by atoms with Crippen LogP contribution in [-0.2, 0) is 4.79 Å². The Morgan fingerprint density at radius 2 is 2.25 bits per heavy atom. The number of hydrogen-bond donors (Lipinski definition) is 0. The smallest absolute Gasteiger partial charge is 0.253 e. The molecule has 0 unspecified atom stereocenters. The van der Waals surface area contributed by atoms with Crippen molar-refractivity contribution in [2.24, 2.45) is 0 Å². The summed E-state index contributed by atoms with van der Waals surface area (Å²) >= 11 is 0. The highest BCUT2D eigenvalue weighted by molar-refractivity contribution is 5.99. The number of likely N-dealkylation sites (tertiary alicyclic amines) is 1. The molecule has 0 aliphatic carbocycles. The van der Waals surface area contributed by atoms with Crippen molar-refractivity contribution in [2.45, 2.75) is 25.8 Å². The highest BCUT2D eigenvalue weighted by atomic mass is 16.5. The summed E-state index contributed by atoms with van der Waals surface area (Å²) in [6.07, 6.45) is 4.14. The lowest BCUT2D eigenvalue weighted by molar-refractivity contribution is -0.129. The van der Waals surface area contributed by atoms with Crippen LogP contribution in [0.25, 0.3) is 6.08 Å². The molecule has 2 heterocycles. The second kappa shape index (κ2) is 7.26. The molecular formula is C19H26N2O3. The zero-order chi connectivity index (χ0) is 17.1. The Morgan fingerprint density at radius 3 is 3.00 bits per heavy atom. The van der Waals surface area contributed by atoms with Crippen LogP contribution in [0.2, 0.25) is 0 Å². The van der Waals surface area contributed by atoms with Crippen molar-refractivity contribution in [3.05, 3.63) is 29.3 Å². The lowest BCUT2D eigenvalue weighted by Crippen LogP contribution is -2.48. The summed E-state index contributed by atoms with van der Waals surface area (Å²) in [5, 5.41) is 0. The van der Waals surface area contributed by atoms with E-state index in [0.29, 0.717) is 19.3 Å². The van der Waals surface area contributed by atoms with Gasteiger partial charge in [0.25, 0.3) is 5.91 Å². The molecular weight excluding hydrogens is 304 g/mol. The zero-order valence-electron chi connectivity index (χ0n) is 14.7. The molecule has 1 saturated heterocycles. The third kappa shape index (κ3) is 3.56. The highest BCUT2D eigenvalue weighted by Crippen LogP contribution is 2.31. The topological polar surface area (TPSA) is 42.0 Å². The Bertz CT molecular complexity index is 639. The number of carbonyl (C=O) groups is 1. The second-order valence-corrected chi connectivity index (χ2v) is 6.60. The van der Waals surface area contributed by atoms with Crippen LogP contribution in [0.1, 0.15) is 25.3 Å². The van der Waals surface area contributed by atoms with Crippen molar-refractivity contribution in [1.29, 1.82) is 0 Å². The fourth-order valence-corrected chi connectivity index (χ4v) is 3.30. The summed E-state index contributed by atoms with van der Waals surface area (Å²) in [5.41, 5.74) is 1.63. The molecule has 1 amide bonds. The minimum absolute atomic E-state index is 0.0917. The summed E-state index contributed by atoms with van der Waals surface area (Å²) in [5.74, 6) is 1.70. The maximum absolute atomic E-state index is 12.9. The summed E-state index contributed by atoms with van der Waals surface area (Å²) in [4.78, 5) is 17.0. The molecule has 5 nitrogen and oxygen atoms in total. The van der Waals surface area contributed by atoms with Crippen LogP contribution in [-0.4, -0.2) is 62.1 Å². The van der Waals surface area contributed by atoms with E-state index in [1.165, 1.54) is 0 Å². The van der Waals surface area contributed by atoms with Gasteiger partial charge in [-0.25, -0.2) is 0 Å². The first kappa shape index (κ1) is 16.8. The first-order valence-electron chi connectivity index (χ1n) is 8.64. The first-order chi connectivity index (χ1) is 11.6. The predicted octanol–water partition coefficient (Wildman–Crippen LogP) is 2.41. The Hall–Kier alpha value is -2.01. The molecule has 5 heteroatoms. The van der Waals surface area contributed by atoms with Crippen molar-refractivity contribution in [2.75, 3.05) is 40.4 Å². The largest absolute Gasteiger partial charge is 0.494 e. The van der Waals surface area contributed by atoms with Crippen molar-refractivity contribution in [3.63, 3.8) is 0 Å². The minimum atomic E-state index is 0.0917. The number of likely N-dealkylation sites (N-methyl/N-ethyl adjacent to an activating group) is 1. The molecule has 0 aromatic heterocycles. The van der Waals surface area contributed by atoms with E-state index in [4.69, 9.17) is 9.47 Å². The van der Waals surface area contributed by atoms with Gasteiger partial charge < -0.3 is 19.3 Å². The SMILES string of the molecule is CCOc1ccc2c(c1)C=C(C(=O)N1CCC[C@H](N(C)C)C1)CO2. The predicted molar refractivity (Wildman–Crippen MR) is 94.4 cm³/mol. The van der Waals surface area contributed by atoms with Gasteiger partial charge in [-0.1, -0.05) is 0 Å². The molecule has 0 bridgehead atoms. The van der Waals surface area contributed by atoms with E-state index in [9.17, 15) is 4.79 Å². The van der Waals surface area contributed by atoms with Gasteiger partial charge in [0.1, 0.15) is 18.1 Å². The van der Waals surface area contributed by atoms with E-state index < -0.39 is 0 Å². The van der Waals surface area contributed by atoms with E-state index in [1.807, 2.05) is 36.1 Å². The summed E-state index contributed by atoms with van der Waals surface area (Å²) < 4.78 is 11.3. The standard InChI is InChI=1S/C19H26N2O3/c1-4-23-17-7-8-18-14(11-17)10-15(13-24-18)19(22)21-9-5-6-16(12-21)20(2)3/h7-8,10-11,16H,4-6,9,12-13H2,1-3H3/t16-/m0/s1. The quantitative estimate of drug-likeness (QED) is 0.850. The molecule has 1 aromatic rings. The maximum Gasteiger partial charge on any atom is 0.253 e. The fraction of sp³-hybridized carbons (Fsp3) is 0.526. The van der Waals surface area contributed by atoms with Gasteiger partial charge in [-0.3, -0.25) is 4.79 Å². The number of benzene rings is 1. The van der Waals surface area contributed by atoms with Gasteiger partial charge in [0.15, 0.2) is 0 Å². The monoisotopic (exact) mass is 330 g/mol. The molecule has 1 atom stereocenters. The van der Waals surface area contributed by atoms with Gasteiger partial charge in [-0.15, -0.1) is 0 Å². The number of carbonyl (C=O) groups excluding carboxylic acids is 1. The minimum Gasteiger partial charge on any atom is -0.494 e. The average molecular weight is 330 g/mol. The Kier molecular flexibility index (Phi) is 5.09. The van der Waals surface area contributed by atoms with Crippen LogP contribution in [0.3, 0.4) is 0 Å². The summed E-state index contributed by atoms with van der Waals surface area (Å²) in [6.45, 7) is 4.53. The lowest BCUT2D eigenvalue weighted by atomic mass is 10.0. The average Bonchev–Trinajstić information content (AvgIpc) is 2.61. The molecule has 1 aromatic carbocycles. The number of ether oxygens (including phenoxy) is 2. The van der Waals surface area contributed by atoms with Gasteiger partial charge in [-0.2, -0.15) is 0 Å². The van der Waals surface area contributed by atoms with Gasteiger partial charge in [0, 0.05) is 24.7 Å².